The van der Waals surface area contributed by atoms with Crippen LogP contribution in [0.15, 0.2) is 42.5 Å². The quantitative estimate of drug-likeness (QED) is 0.834. The fourth-order valence-corrected chi connectivity index (χ4v) is 1.80. The minimum atomic E-state index is -0.765. The van der Waals surface area contributed by atoms with Gasteiger partial charge in [-0.25, -0.2) is 8.78 Å². The van der Waals surface area contributed by atoms with E-state index in [0.717, 1.165) is 12.1 Å². The van der Waals surface area contributed by atoms with Crippen molar-refractivity contribution in [2.75, 3.05) is 17.2 Å². The van der Waals surface area contributed by atoms with Crippen LogP contribution in [0.5, 0.6) is 0 Å². The van der Waals surface area contributed by atoms with Crippen LogP contribution >= 0.6 is 0 Å². The number of rotatable bonds is 5. The highest BCUT2D eigenvalue weighted by atomic mass is 19.1. The molecule has 0 fully saturated rings. The van der Waals surface area contributed by atoms with Gasteiger partial charge in [0.05, 0.1) is 12.2 Å². The second-order valence-electron chi connectivity index (χ2n) is 4.66. The normalized spacial score (nSPS) is 10.1. The maximum atomic E-state index is 13.4. The topological polar surface area (TPSA) is 58.2 Å². The van der Waals surface area contributed by atoms with Crippen LogP contribution in [0, 0.1) is 11.6 Å². The highest BCUT2D eigenvalue weighted by molar-refractivity contribution is 5.96. The smallest absolute Gasteiger partial charge is 0.243 e. The van der Waals surface area contributed by atoms with Crippen LogP contribution in [0.2, 0.25) is 0 Å². The molecule has 1 amide bonds. The summed E-state index contributed by atoms with van der Waals surface area (Å²) in [6.07, 6.45) is 0. The molecule has 0 saturated heterocycles. The van der Waals surface area contributed by atoms with Gasteiger partial charge in [-0.3, -0.25) is 9.59 Å². The Kier molecular flexibility index (Phi) is 4.83. The molecule has 0 bridgehead atoms. The fourth-order valence-electron chi connectivity index (χ4n) is 1.80. The summed E-state index contributed by atoms with van der Waals surface area (Å²) < 4.78 is 26.1. The minimum absolute atomic E-state index is 0.0449. The molecule has 6 heteroatoms. The Morgan fingerprint density at radius 3 is 2.32 bits per heavy atom. The van der Waals surface area contributed by atoms with E-state index in [1.54, 1.807) is 24.3 Å². The van der Waals surface area contributed by atoms with Gasteiger partial charge in [-0.15, -0.1) is 0 Å². The summed E-state index contributed by atoms with van der Waals surface area (Å²) in [6.45, 7) is 1.28. The SMILES string of the molecule is CC(=O)c1ccc(NC(=O)CNc2ccc(F)cc2F)cc1. The standard InChI is InChI=1S/C16H14F2N2O2/c1-10(21)11-2-5-13(6-3-11)20-16(22)9-19-15-7-4-12(17)8-14(15)18/h2-8,19H,9H2,1H3,(H,20,22). The minimum Gasteiger partial charge on any atom is -0.374 e. The highest BCUT2D eigenvalue weighted by Crippen LogP contribution is 2.15. The second kappa shape index (κ2) is 6.80. The van der Waals surface area contributed by atoms with Crippen LogP contribution in [0.1, 0.15) is 17.3 Å². The summed E-state index contributed by atoms with van der Waals surface area (Å²) in [5, 5.41) is 5.18. The molecule has 4 nitrogen and oxygen atoms in total. The average Bonchev–Trinajstić information content (AvgIpc) is 2.47. The van der Waals surface area contributed by atoms with Crippen molar-refractivity contribution in [2.24, 2.45) is 0 Å². The van der Waals surface area contributed by atoms with E-state index in [9.17, 15) is 18.4 Å². The van der Waals surface area contributed by atoms with Gasteiger partial charge in [0.15, 0.2) is 5.78 Å². The van der Waals surface area contributed by atoms with Gasteiger partial charge in [0.25, 0.3) is 0 Å². The van der Waals surface area contributed by atoms with Crippen molar-refractivity contribution >= 4 is 23.1 Å². The van der Waals surface area contributed by atoms with Crippen molar-refractivity contribution in [2.45, 2.75) is 6.92 Å². The van der Waals surface area contributed by atoms with Gasteiger partial charge in [-0.2, -0.15) is 0 Å². The number of Topliss-reactive ketones (excluding diaryl/α,β-unsaturated/α-hetero) is 1. The van der Waals surface area contributed by atoms with E-state index in [0.29, 0.717) is 11.3 Å². The van der Waals surface area contributed by atoms with E-state index in [1.807, 2.05) is 0 Å². The maximum absolute atomic E-state index is 13.4. The van der Waals surface area contributed by atoms with E-state index in [4.69, 9.17) is 0 Å². The predicted molar refractivity (Wildman–Crippen MR) is 79.9 cm³/mol. The van der Waals surface area contributed by atoms with E-state index >= 15 is 0 Å². The molecule has 0 saturated carbocycles. The second-order valence-corrected chi connectivity index (χ2v) is 4.66. The molecule has 2 N–H and O–H groups in total. The molecule has 0 radical (unpaired) electrons. The van der Waals surface area contributed by atoms with Gasteiger partial charge in [0, 0.05) is 17.3 Å². The third-order valence-electron chi connectivity index (χ3n) is 2.95. The molecule has 0 heterocycles. The maximum Gasteiger partial charge on any atom is 0.243 e. The van der Waals surface area contributed by atoms with Crippen molar-refractivity contribution in [3.05, 3.63) is 59.7 Å². The van der Waals surface area contributed by atoms with Gasteiger partial charge in [-0.05, 0) is 43.3 Å². The third kappa shape index (κ3) is 4.12. The number of carbonyl (C=O) groups excluding carboxylic acids is 2. The lowest BCUT2D eigenvalue weighted by molar-refractivity contribution is -0.114. The fraction of sp³-hybridized carbons (Fsp3) is 0.125. The number of anilines is 2. The lowest BCUT2D eigenvalue weighted by Gasteiger charge is -2.09. The number of hydrogen-bond donors (Lipinski definition) is 2. The number of carbonyl (C=O) groups is 2. The Labute approximate surface area is 126 Å². The molecule has 0 unspecified atom stereocenters. The van der Waals surface area contributed by atoms with E-state index in [1.165, 1.54) is 13.0 Å². The molecule has 0 spiro atoms. The first-order valence-corrected chi connectivity index (χ1v) is 6.55. The first kappa shape index (κ1) is 15.6. The number of amides is 1. The molecule has 2 aromatic rings. The molecule has 0 aliphatic rings. The Bertz CT molecular complexity index is 700. The van der Waals surface area contributed by atoms with Gasteiger partial charge in [-0.1, -0.05) is 0 Å². The van der Waals surface area contributed by atoms with Crippen LogP contribution < -0.4 is 10.6 Å². The largest absolute Gasteiger partial charge is 0.374 e. The van der Waals surface area contributed by atoms with Crippen molar-refractivity contribution < 1.29 is 18.4 Å². The zero-order valence-corrected chi connectivity index (χ0v) is 11.8. The summed E-state index contributed by atoms with van der Waals surface area (Å²) in [5.74, 6) is -1.90. The number of ketones is 1. The van der Waals surface area contributed by atoms with Crippen LogP contribution in [0.4, 0.5) is 20.2 Å². The van der Waals surface area contributed by atoms with E-state index in [2.05, 4.69) is 10.6 Å². The lowest BCUT2D eigenvalue weighted by Crippen LogP contribution is -2.22. The number of halogens is 2. The number of hydrogen-bond acceptors (Lipinski definition) is 3. The van der Waals surface area contributed by atoms with Crippen molar-refractivity contribution in [3.63, 3.8) is 0 Å². The molecule has 0 aliphatic carbocycles. The molecular weight excluding hydrogens is 290 g/mol. The average molecular weight is 304 g/mol. The van der Waals surface area contributed by atoms with Crippen LogP contribution in [0.3, 0.4) is 0 Å². The van der Waals surface area contributed by atoms with Crippen LogP contribution in [0.25, 0.3) is 0 Å². The Morgan fingerprint density at radius 2 is 1.73 bits per heavy atom. The molecule has 2 rings (SSSR count). The molecule has 22 heavy (non-hydrogen) atoms. The van der Waals surface area contributed by atoms with E-state index < -0.39 is 11.6 Å². The monoisotopic (exact) mass is 304 g/mol. The molecule has 2 aromatic carbocycles. The summed E-state index contributed by atoms with van der Waals surface area (Å²) in [5.41, 5.74) is 1.12. The Morgan fingerprint density at radius 1 is 1.05 bits per heavy atom. The molecule has 0 aliphatic heterocycles. The highest BCUT2D eigenvalue weighted by Gasteiger charge is 2.07. The van der Waals surface area contributed by atoms with Gasteiger partial charge >= 0.3 is 0 Å². The molecule has 0 aromatic heterocycles. The third-order valence-corrected chi connectivity index (χ3v) is 2.95. The first-order valence-electron chi connectivity index (χ1n) is 6.55. The predicted octanol–water partition coefficient (Wildman–Crippen LogP) is 3.22. The first-order chi connectivity index (χ1) is 10.5. The summed E-state index contributed by atoms with van der Waals surface area (Å²) in [7, 11) is 0. The lowest BCUT2D eigenvalue weighted by atomic mass is 10.1. The number of benzene rings is 2. The Balaban J connectivity index is 1.91. The number of nitrogens with one attached hydrogen (secondary N) is 2. The van der Waals surface area contributed by atoms with Crippen molar-refractivity contribution in [1.82, 2.24) is 0 Å². The van der Waals surface area contributed by atoms with Gasteiger partial charge < -0.3 is 10.6 Å². The van der Waals surface area contributed by atoms with Gasteiger partial charge in [0.2, 0.25) is 5.91 Å². The van der Waals surface area contributed by atoms with Crippen molar-refractivity contribution in [1.29, 1.82) is 0 Å². The zero-order valence-electron chi connectivity index (χ0n) is 11.8. The molecule has 114 valence electrons. The summed E-state index contributed by atoms with van der Waals surface area (Å²) >= 11 is 0. The zero-order chi connectivity index (χ0) is 16.1. The van der Waals surface area contributed by atoms with Gasteiger partial charge in [0.1, 0.15) is 11.6 Å². The Hall–Kier alpha value is -2.76. The summed E-state index contributed by atoms with van der Waals surface area (Å²) in [6, 6.07) is 9.47. The van der Waals surface area contributed by atoms with Crippen LogP contribution in [-0.2, 0) is 4.79 Å². The van der Waals surface area contributed by atoms with Crippen molar-refractivity contribution in [3.8, 4) is 0 Å². The molecule has 0 atom stereocenters. The van der Waals surface area contributed by atoms with E-state index in [-0.39, 0.29) is 23.9 Å². The van der Waals surface area contributed by atoms with Crippen LogP contribution in [-0.4, -0.2) is 18.2 Å². The summed E-state index contributed by atoms with van der Waals surface area (Å²) in [4.78, 5) is 22.9. The molecular formula is C16H14F2N2O2.